The van der Waals surface area contributed by atoms with Gasteiger partial charge in [0.2, 0.25) is 0 Å². The number of hydrogen-bond acceptors (Lipinski definition) is 6. The molecule has 3 N–H and O–H groups in total. The number of piperidine rings is 1. The maximum absolute atomic E-state index is 12.8. The predicted octanol–water partition coefficient (Wildman–Crippen LogP) is 2.75. The van der Waals surface area contributed by atoms with Crippen molar-refractivity contribution in [1.82, 2.24) is 5.32 Å². The Balaban J connectivity index is 1.89. The molecule has 0 amide bonds. The third kappa shape index (κ3) is 4.12. The number of Topliss-reactive ketones (excluding diaryl/α,β-unsaturated/α-hetero) is 1. The lowest BCUT2D eigenvalue weighted by Crippen LogP contribution is -2.32. The highest BCUT2D eigenvalue weighted by Gasteiger charge is 2.20. The van der Waals surface area contributed by atoms with Gasteiger partial charge in [0.1, 0.15) is 0 Å². The molecule has 2 aromatic carbocycles. The Hall–Kier alpha value is -3.25. The van der Waals surface area contributed by atoms with E-state index in [1.807, 2.05) is 0 Å². The minimum Gasteiger partial charge on any atom is -0.504 e. The smallest absolute Gasteiger partial charge is 0.187 e. The molecule has 140 valence electrons. The minimum atomic E-state index is -0.0483. The zero-order valence-corrected chi connectivity index (χ0v) is 15.2. The van der Waals surface area contributed by atoms with Crippen LogP contribution in [0.5, 0.6) is 23.0 Å². The highest BCUT2D eigenvalue weighted by molar-refractivity contribution is 6.14. The fourth-order valence-electron chi connectivity index (χ4n) is 2.90. The van der Waals surface area contributed by atoms with E-state index < -0.39 is 0 Å². The molecule has 0 saturated carbocycles. The van der Waals surface area contributed by atoms with E-state index in [2.05, 4.69) is 5.32 Å². The first-order valence-electron chi connectivity index (χ1n) is 8.42. The number of ketones is 1. The van der Waals surface area contributed by atoms with E-state index >= 15 is 0 Å². The quantitative estimate of drug-likeness (QED) is 0.720. The van der Waals surface area contributed by atoms with Crippen molar-refractivity contribution in [3.63, 3.8) is 0 Å². The molecule has 0 unspecified atom stereocenters. The molecule has 0 aromatic heterocycles. The number of hydrogen-bond donors (Lipinski definition) is 3. The Kier molecular flexibility index (Phi) is 5.47. The van der Waals surface area contributed by atoms with Gasteiger partial charge in [0.05, 0.1) is 14.2 Å². The lowest BCUT2D eigenvalue weighted by molar-refractivity contribution is -0.112. The van der Waals surface area contributed by atoms with Crippen LogP contribution >= 0.6 is 0 Å². The largest absolute Gasteiger partial charge is 0.504 e. The van der Waals surface area contributed by atoms with Crippen molar-refractivity contribution in [2.45, 2.75) is 0 Å². The first-order chi connectivity index (χ1) is 13.0. The molecule has 6 heteroatoms. The van der Waals surface area contributed by atoms with Gasteiger partial charge in [-0.3, -0.25) is 4.79 Å². The van der Waals surface area contributed by atoms with E-state index in [0.717, 1.165) is 11.1 Å². The van der Waals surface area contributed by atoms with Crippen LogP contribution in [-0.4, -0.2) is 43.3 Å². The molecule has 1 aliphatic rings. The molecule has 1 heterocycles. The van der Waals surface area contributed by atoms with Gasteiger partial charge in [-0.05, 0) is 47.5 Å². The summed E-state index contributed by atoms with van der Waals surface area (Å²) < 4.78 is 10.2. The summed E-state index contributed by atoms with van der Waals surface area (Å²) in [6, 6.07) is 9.87. The fraction of sp³-hybridized carbons (Fsp3) is 0.190. The van der Waals surface area contributed by atoms with E-state index in [1.54, 1.807) is 36.4 Å². The highest BCUT2D eigenvalue weighted by atomic mass is 16.5. The lowest BCUT2D eigenvalue weighted by Gasteiger charge is -2.18. The number of ether oxygens (including phenoxy) is 2. The molecule has 27 heavy (non-hydrogen) atoms. The van der Waals surface area contributed by atoms with Gasteiger partial charge in [0.25, 0.3) is 0 Å². The van der Waals surface area contributed by atoms with Crippen molar-refractivity contribution in [3.05, 3.63) is 58.7 Å². The predicted molar refractivity (Wildman–Crippen MR) is 103 cm³/mol. The molecule has 0 spiro atoms. The van der Waals surface area contributed by atoms with Crippen molar-refractivity contribution < 1.29 is 24.5 Å². The molecule has 6 nitrogen and oxygen atoms in total. The average molecular weight is 367 g/mol. The molecule has 0 atom stereocenters. The Morgan fingerprint density at radius 2 is 1.30 bits per heavy atom. The Morgan fingerprint density at radius 3 is 1.70 bits per heavy atom. The maximum Gasteiger partial charge on any atom is 0.187 e. The monoisotopic (exact) mass is 367 g/mol. The van der Waals surface area contributed by atoms with Crippen molar-refractivity contribution in [2.24, 2.45) is 0 Å². The second kappa shape index (κ2) is 7.97. The number of phenols is 2. The molecular formula is C21H21NO5. The van der Waals surface area contributed by atoms with Crippen LogP contribution in [0.15, 0.2) is 47.5 Å². The van der Waals surface area contributed by atoms with Crippen LogP contribution in [0, 0.1) is 0 Å². The Bertz CT molecular complexity index is 857. The molecule has 2 aromatic rings. The third-order valence-electron chi connectivity index (χ3n) is 4.30. The first kappa shape index (κ1) is 18.5. The number of carbonyl (C=O) groups is 1. The van der Waals surface area contributed by atoms with Crippen LogP contribution in [-0.2, 0) is 4.79 Å². The summed E-state index contributed by atoms with van der Waals surface area (Å²) in [4.78, 5) is 12.8. The van der Waals surface area contributed by atoms with E-state index in [9.17, 15) is 15.0 Å². The van der Waals surface area contributed by atoms with E-state index in [-0.39, 0.29) is 17.3 Å². The van der Waals surface area contributed by atoms with Gasteiger partial charge >= 0.3 is 0 Å². The zero-order chi connectivity index (χ0) is 19.4. The number of phenolic OH excluding ortho intramolecular Hbond substituents is 2. The Morgan fingerprint density at radius 1 is 0.852 bits per heavy atom. The topological polar surface area (TPSA) is 88.0 Å². The molecule has 1 aliphatic heterocycles. The third-order valence-corrected chi connectivity index (χ3v) is 4.30. The van der Waals surface area contributed by atoms with Crippen LogP contribution in [0.3, 0.4) is 0 Å². The normalized spacial score (nSPS) is 17.3. The standard InChI is InChI=1S/C21H21NO5/c1-26-19-9-13(3-5-17(19)23)7-15-11-22-12-16(21(15)25)8-14-4-6-18(24)20(10-14)27-2/h3-10,22-24H,11-12H2,1-2H3/b15-7-,16-8+. The number of benzene rings is 2. The summed E-state index contributed by atoms with van der Waals surface area (Å²) in [7, 11) is 2.96. The van der Waals surface area contributed by atoms with Gasteiger partial charge in [0, 0.05) is 24.2 Å². The van der Waals surface area contributed by atoms with Crippen LogP contribution < -0.4 is 14.8 Å². The van der Waals surface area contributed by atoms with Gasteiger partial charge in [-0.2, -0.15) is 0 Å². The number of carbonyl (C=O) groups excluding carboxylic acids is 1. The molecular weight excluding hydrogens is 346 g/mol. The van der Waals surface area contributed by atoms with Crippen molar-refractivity contribution >= 4 is 17.9 Å². The van der Waals surface area contributed by atoms with Gasteiger partial charge in [-0.25, -0.2) is 0 Å². The number of methoxy groups -OCH3 is 2. The number of nitrogens with one attached hydrogen (secondary N) is 1. The lowest BCUT2D eigenvalue weighted by atomic mass is 9.95. The van der Waals surface area contributed by atoms with Crippen molar-refractivity contribution in [1.29, 1.82) is 0 Å². The summed E-state index contributed by atoms with van der Waals surface area (Å²) in [6.07, 6.45) is 3.56. The summed E-state index contributed by atoms with van der Waals surface area (Å²) in [6.45, 7) is 0.913. The van der Waals surface area contributed by atoms with Gasteiger partial charge in [-0.1, -0.05) is 12.1 Å². The summed E-state index contributed by atoms with van der Waals surface area (Å²) >= 11 is 0. The van der Waals surface area contributed by atoms with Crippen molar-refractivity contribution in [3.8, 4) is 23.0 Å². The maximum atomic E-state index is 12.8. The van der Waals surface area contributed by atoms with E-state index in [0.29, 0.717) is 35.7 Å². The molecule has 3 rings (SSSR count). The first-order valence-corrected chi connectivity index (χ1v) is 8.42. The van der Waals surface area contributed by atoms with E-state index in [1.165, 1.54) is 26.4 Å². The van der Waals surface area contributed by atoms with Crippen molar-refractivity contribution in [2.75, 3.05) is 27.3 Å². The van der Waals surface area contributed by atoms with Crippen LogP contribution in [0.4, 0.5) is 0 Å². The summed E-state index contributed by atoms with van der Waals surface area (Å²) in [5, 5.41) is 22.6. The second-order valence-electron chi connectivity index (χ2n) is 6.13. The van der Waals surface area contributed by atoms with Gasteiger partial charge in [-0.15, -0.1) is 0 Å². The number of aromatic hydroxyl groups is 2. The summed E-state index contributed by atoms with van der Waals surface area (Å²) in [5.74, 6) is 0.761. The van der Waals surface area contributed by atoms with E-state index in [4.69, 9.17) is 9.47 Å². The molecule has 0 radical (unpaired) electrons. The zero-order valence-electron chi connectivity index (χ0n) is 15.2. The number of rotatable bonds is 4. The van der Waals surface area contributed by atoms with Gasteiger partial charge < -0.3 is 25.0 Å². The molecule has 0 aliphatic carbocycles. The SMILES string of the molecule is COc1cc(/C=C2/CNC/C(=C\c3ccc(O)c(OC)c3)C2=O)ccc1O. The fourth-order valence-corrected chi connectivity index (χ4v) is 2.90. The Labute approximate surface area is 157 Å². The minimum absolute atomic E-state index is 0.0483. The molecule has 0 bridgehead atoms. The van der Waals surface area contributed by atoms with Crippen LogP contribution in [0.1, 0.15) is 11.1 Å². The van der Waals surface area contributed by atoms with Crippen LogP contribution in [0.2, 0.25) is 0 Å². The highest BCUT2D eigenvalue weighted by Crippen LogP contribution is 2.29. The summed E-state index contributed by atoms with van der Waals surface area (Å²) in [5.41, 5.74) is 2.77. The average Bonchev–Trinajstić information content (AvgIpc) is 2.67. The van der Waals surface area contributed by atoms with Crippen LogP contribution in [0.25, 0.3) is 12.2 Å². The van der Waals surface area contributed by atoms with Gasteiger partial charge in [0.15, 0.2) is 28.8 Å². The molecule has 1 fully saturated rings. The second-order valence-corrected chi connectivity index (χ2v) is 6.13. The molecule has 1 saturated heterocycles.